The van der Waals surface area contributed by atoms with Crippen molar-refractivity contribution in [2.24, 2.45) is 0 Å². The van der Waals surface area contributed by atoms with Gasteiger partial charge in [0.25, 0.3) is 0 Å². The Morgan fingerprint density at radius 3 is 2.39 bits per heavy atom. The maximum Gasteiger partial charge on any atom is 0.434 e. The molecular weight excluding hydrogens is 243 g/mol. The number of alkyl halides is 3. The molecule has 0 saturated heterocycles. The highest BCUT2D eigenvalue weighted by atomic mass is 19.4. The highest BCUT2D eigenvalue weighted by Gasteiger charge is 2.33. The highest BCUT2D eigenvalue weighted by Crippen LogP contribution is 2.28. The second-order valence-electron chi connectivity index (χ2n) is 3.75. The SMILES string of the molecule is Nc1ncc(C(F)(F)F)nc1Cc1ccccc1. The maximum absolute atomic E-state index is 12.5. The molecule has 1 heterocycles. The summed E-state index contributed by atoms with van der Waals surface area (Å²) in [4.78, 5) is 7.06. The van der Waals surface area contributed by atoms with E-state index in [1.54, 1.807) is 24.3 Å². The lowest BCUT2D eigenvalue weighted by atomic mass is 10.1. The molecule has 0 unspecified atom stereocenters. The number of nitrogen functional groups attached to an aromatic ring is 1. The van der Waals surface area contributed by atoms with Crippen molar-refractivity contribution in [3.8, 4) is 0 Å². The number of benzene rings is 1. The van der Waals surface area contributed by atoms with Crippen LogP contribution in [0.1, 0.15) is 17.0 Å². The van der Waals surface area contributed by atoms with Crippen molar-refractivity contribution in [3.63, 3.8) is 0 Å². The van der Waals surface area contributed by atoms with Crippen LogP contribution in [0.4, 0.5) is 19.0 Å². The van der Waals surface area contributed by atoms with Gasteiger partial charge in [-0.05, 0) is 5.56 Å². The minimum Gasteiger partial charge on any atom is -0.382 e. The van der Waals surface area contributed by atoms with Crippen molar-refractivity contribution in [1.82, 2.24) is 9.97 Å². The number of hydrogen-bond acceptors (Lipinski definition) is 3. The first-order chi connectivity index (χ1) is 8.47. The summed E-state index contributed by atoms with van der Waals surface area (Å²) in [6.45, 7) is 0. The van der Waals surface area contributed by atoms with Gasteiger partial charge in [0.2, 0.25) is 0 Å². The second-order valence-corrected chi connectivity index (χ2v) is 3.75. The molecule has 94 valence electrons. The smallest absolute Gasteiger partial charge is 0.382 e. The Kier molecular flexibility index (Phi) is 3.18. The van der Waals surface area contributed by atoms with Gasteiger partial charge in [-0.1, -0.05) is 30.3 Å². The summed E-state index contributed by atoms with van der Waals surface area (Å²) in [6.07, 6.45) is -3.64. The number of nitrogens with two attached hydrogens (primary N) is 1. The lowest BCUT2D eigenvalue weighted by Crippen LogP contribution is -2.12. The third kappa shape index (κ3) is 2.77. The molecule has 0 saturated carbocycles. The predicted molar refractivity (Wildman–Crippen MR) is 60.7 cm³/mol. The number of nitrogens with zero attached hydrogens (tertiary/aromatic N) is 2. The van der Waals surface area contributed by atoms with E-state index < -0.39 is 11.9 Å². The molecule has 0 radical (unpaired) electrons. The van der Waals surface area contributed by atoms with Crippen LogP contribution in [0.15, 0.2) is 36.5 Å². The Balaban J connectivity index is 2.33. The summed E-state index contributed by atoms with van der Waals surface area (Å²) in [6, 6.07) is 9.01. The summed E-state index contributed by atoms with van der Waals surface area (Å²) >= 11 is 0. The van der Waals surface area contributed by atoms with E-state index in [9.17, 15) is 13.2 Å². The standard InChI is InChI=1S/C12H10F3N3/c13-12(14,15)10-7-17-11(16)9(18-10)6-8-4-2-1-3-5-8/h1-5,7H,6H2,(H2,16,17). The average Bonchev–Trinajstić information content (AvgIpc) is 2.32. The first kappa shape index (κ1) is 12.3. The minimum atomic E-state index is -4.51. The van der Waals surface area contributed by atoms with Gasteiger partial charge in [0.15, 0.2) is 5.69 Å². The zero-order chi connectivity index (χ0) is 13.2. The normalized spacial score (nSPS) is 11.5. The van der Waals surface area contributed by atoms with Crippen LogP contribution < -0.4 is 5.73 Å². The van der Waals surface area contributed by atoms with Gasteiger partial charge < -0.3 is 5.73 Å². The molecule has 2 rings (SSSR count). The van der Waals surface area contributed by atoms with Gasteiger partial charge in [-0.3, -0.25) is 0 Å². The fourth-order valence-corrected chi connectivity index (χ4v) is 1.49. The first-order valence-electron chi connectivity index (χ1n) is 5.19. The van der Waals surface area contributed by atoms with E-state index in [0.717, 1.165) is 5.56 Å². The largest absolute Gasteiger partial charge is 0.434 e. The molecule has 2 aromatic rings. The molecular formula is C12H10F3N3. The lowest BCUT2D eigenvalue weighted by Gasteiger charge is -2.09. The Labute approximate surface area is 101 Å². The summed E-state index contributed by atoms with van der Waals surface area (Å²) in [7, 11) is 0. The topological polar surface area (TPSA) is 51.8 Å². The van der Waals surface area contributed by atoms with Crippen molar-refractivity contribution in [2.45, 2.75) is 12.6 Å². The van der Waals surface area contributed by atoms with E-state index >= 15 is 0 Å². The lowest BCUT2D eigenvalue weighted by molar-refractivity contribution is -0.141. The molecule has 0 aliphatic rings. The van der Waals surface area contributed by atoms with Crippen molar-refractivity contribution < 1.29 is 13.2 Å². The maximum atomic E-state index is 12.5. The minimum absolute atomic E-state index is 0.0202. The van der Waals surface area contributed by atoms with Gasteiger partial charge >= 0.3 is 6.18 Å². The third-order valence-electron chi connectivity index (χ3n) is 2.38. The number of rotatable bonds is 2. The fourth-order valence-electron chi connectivity index (χ4n) is 1.49. The number of hydrogen-bond donors (Lipinski definition) is 1. The van der Waals surface area contributed by atoms with Gasteiger partial charge in [0.1, 0.15) is 5.82 Å². The van der Waals surface area contributed by atoms with Crippen LogP contribution in [0.2, 0.25) is 0 Å². The molecule has 0 spiro atoms. The van der Waals surface area contributed by atoms with E-state index in [4.69, 9.17) is 5.73 Å². The van der Waals surface area contributed by atoms with Crippen LogP contribution in [-0.2, 0) is 12.6 Å². The van der Waals surface area contributed by atoms with Gasteiger partial charge in [-0.25, -0.2) is 9.97 Å². The molecule has 6 heteroatoms. The van der Waals surface area contributed by atoms with E-state index in [0.29, 0.717) is 6.20 Å². The Morgan fingerprint density at radius 2 is 1.78 bits per heavy atom. The zero-order valence-corrected chi connectivity index (χ0v) is 9.28. The number of halogens is 3. The number of anilines is 1. The quantitative estimate of drug-likeness (QED) is 0.895. The van der Waals surface area contributed by atoms with Gasteiger partial charge in [-0.15, -0.1) is 0 Å². The molecule has 18 heavy (non-hydrogen) atoms. The van der Waals surface area contributed by atoms with E-state index in [1.807, 2.05) is 6.07 Å². The van der Waals surface area contributed by atoms with E-state index in [2.05, 4.69) is 9.97 Å². The van der Waals surface area contributed by atoms with Crippen molar-refractivity contribution in [2.75, 3.05) is 5.73 Å². The summed E-state index contributed by atoms with van der Waals surface area (Å²) in [5.41, 5.74) is 5.48. The second kappa shape index (κ2) is 4.64. The molecule has 0 atom stereocenters. The van der Waals surface area contributed by atoms with Crippen molar-refractivity contribution in [3.05, 3.63) is 53.5 Å². The van der Waals surface area contributed by atoms with Crippen molar-refractivity contribution in [1.29, 1.82) is 0 Å². The summed E-state index contributed by atoms with van der Waals surface area (Å²) < 4.78 is 37.5. The average molecular weight is 253 g/mol. The van der Waals surface area contributed by atoms with Crippen LogP contribution in [0.25, 0.3) is 0 Å². The van der Waals surface area contributed by atoms with Crippen LogP contribution in [0.5, 0.6) is 0 Å². The van der Waals surface area contributed by atoms with E-state index in [1.165, 1.54) is 0 Å². The molecule has 2 N–H and O–H groups in total. The third-order valence-corrected chi connectivity index (χ3v) is 2.38. The number of aromatic nitrogens is 2. The summed E-state index contributed by atoms with van der Waals surface area (Å²) in [5.74, 6) is 0.0202. The Hall–Kier alpha value is -2.11. The first-order valence-corrected chi connectivity index (χ1v) is 5.19. The fraction of sp³-hybridized carbons (Fsp3) is 0.167. The van der Waals surface area contributed by atoms with Crippen LogP contribution >= 0.6 is 0 Å². The van der Waals surface area contributed by atoms with Crippen LogP contribution in [0.3, 0.4) is 0 Å². The van der Waals surface area contributed by atoms with Gasteiger partial charge in [-0.2, -0.15) is 13.2 Å². The zero-order valence-electron chi connectivity index (χ0n) is 9.28. The summed E-state index contributed by atoms with van der Waals surface area (Å²) in [5, 5.41) is 0. The monoisotopic (exact) mass is 253 g/mol. The molecule has 1 aromatic carbocycles. The van der Waals surface area contributed by atoms with Gasteiger partial charge in [0.05, 0.1) is 11.9 Å². The molecule has 0 amide bonds. The molecule has 0 fully saturated rings. The highest BCUT2D eigenvalue weighted by molar-refractivity contribution is 5.38. The van der Waals surface area contributed by atoms with Crippen LogP contribution in [-0.4, -0.2) is 9.97 Å². The Morgan fingerprint density at radius 1 is 1.11 bits per heavy atom. The molecule has 0 aliphatic heterocycles. The molecule has 0 aliphatic carbocycles. The molecule has 1 aromatic heterocycles. The van der Waals surface area contributed by atoms with E-state index in [-0.39, 0.29) is 17.9 Å². The van der Waals surface area contributed by atoms with Gasteiger partial charge in [0, 0.05) is 6.42 Å². The predicted octanol–water partition coefficient (Wildman–Crippen LogP) is 2.67. The molecule has 3 nitrogen and oxygen atoms in total. The molecule has 0 bridgehead atoms. The van der Waals surface area contributed by atoms with Crippen molar-refractivity contribution >= 4 is 5.82 Å². The Bertz CT molecular complexity index is 538. The van der Waals surface area contributed by atoms with Crippen LogP contribution in [0, 0.1) is 0 Å².